The number of fused-ring (bicyclic) bond motifs is 1. The molecule has 0 saturated carbocycles. The van der Waals surface area contributed by atoms with Crippen LogP contribution in [-0.2, 0) is 14.8 Å². The Morgan fingerprint density at radius 2 is 2.19 bits per heavy atom. The second-order valence-corrected chi connectivity index (χ2v) is 10.5. The van der Waals surface area contributed by atoms with Crippen molar-refractivity contribution in [3.8, 4) is 0 Å². The van der Waals surface area contributed by atoms with Crippen molar-refractivity contribution in [2.24, 2.45) is 0 Å². The van der Waals surface area contributed by atoms with E-state index in [0.717, 1.165) is 40.1 Å². The molecule has 1 amide bonds. The molecule has 1 aliphatic carbocycles. The van der Waals surface area contributed by atoms with Gasteiger partial charge in [0.05, 0.1) is 27.9 Å². The van der Waals surface area contributed by atoms with Gasteiger partial charge in [-0.05, 0) is 50.3 Å². The van der Waals surface area contributed by atoms with Crippen LogP contribution >= 0.6 is 23.1 Å². The SMILES string of the molecule is CS(=O)(=O)Nc1ccc2nc(SCC(=O)NCCC3=CCCCC3)sc2c1. The zero-order valence-electron chi connectivity index (χ0n) is 15.2. The lowest BCUT2D eigenvalue weighted by Gasteiger charge is -2.12. The normalized spacial score (nSPS) is 14.8. The van der Waals surface area contributed by atoms with Gasteiger partial charge < -0.3 is 5.32 Å². The molecule has 0 unspecified atom stereocenters. The van der Waals surface area contributed by atoms with E-state index in [-0.39, 0.29) is 5.91 Å². The summed E-state index contributed by atoms with van der Waals surface area (Å²) in [5.41, 5.74) is 2.77. The van der Waals surface area contributed by atoms with Gasteiger partial charge in [0, 0.05) is 6.54 Å². The largest absolute Gasteiger partial charge is 0.355 e. The quantitative estimate of drug-likeness (QED) is 0.496. The average Bonchev–Trinajstić information content (AvgIpc) is 3.02. The summed E-state index contributed by atoms with van der Waals surface area (Å²) in [7, 11) is -3.31. The van der Waals surface area contributed by atoms with Gasteiger partial charge in [0.2, 0.25) is 15.9 Å². The van der Waals surface area contributed by atoms with Gasteiger partial charge in [-0.25, -0.2) is 13.4 Å². The van der Waals surface area contributed by atoms with Crippen molar-refractivity contribution in [2.45, 2.75) is 36.4 Å². The number of nitrogens with one attached hydrogen (secondary N) is 2. The molecule has 6 nitrogen and oxygen atoms in total. The third kappa shape index (κ3) is 6.51. The summed E-state index contributed by atoms with van der Waals surface area (Å²) >= 11 is 2.86. The number of allylic oxidation sites excluding steroid dienone is 1. The van der Waals surface area contributed by atoms with Crippen molar-refractivity contribution in [3.05, 3.63) is 29.8 Å². The van der Waals surface area contributed by atoms with E-state index in [2.05, 4.69) is 21.1 Å². The number of hydrogen-bond donors (Lipinski definition) is 2. The second-order valence-electron chi connectivity index (χ2n) is 6.53. The maximum atomic E-state index is 12.0. The number of sulfonamides is 1. The first-order valence-electron chi connectivity index (χ1n) is 8.85. The van der Waals surface area contributed by atoms with Crippen molar-refractivity contribution in [2.75, 3.05) is 23.3 Å². The Morgan fingerprint density at radius 1 is 1.33 bits per heavy atom. The molecule has 1 heterocycles. The van der Waals surface area contributed by atoms with E-state index in [1.54, 1.807) is 18.2 Å². The van der Waals surface area contributed by atoms with Crippen LogP contribution in [0.3, 0.4) is 0 Å². The van der Waals surface area contributed by atoms with Gasteiger partial charge in [-0.2, -0.15) is 0 Å². The number of nitrogens with zero attached hydrogens (tertiary/aromatic N) is 1. The Balaban J connectivity index is 1.49. The van der Waals surface area contributed by atoms with E-state index in [4.69, 9.17) is 0 Å². The van der Waals surface area contributed by atoms with E-state index < -0.39 is 10.0 Å². The molecule has 1 aromatic carbocycles. The molecule has 0 bridgehead atoms. The van der Waals surface area contributed by atoms with Gasteiger partial charge in [-0.15, -0.1) is 11.3 Å². The van der Waals surface area contributed by atoms with Crippen molar-refractivity contribution in [1.82, 2.24) is 10.3 Å². The summed E-state index contributed by atoms with van der Waals surface area (Å²) in [5, 5.41) is 2.97. The van der Waals surface area contributed by atoms with E-state index >= 15 is 0 Å². The maximum absolute atomic E-state index is 12.0. The molecular weight excluding hydrogens is 402 g/mol. The Hall–Kier alpha value is -1.58. The summed E-state index contributed by atoms with van der Waals surface area (Å²) in [6.07, 6.45) is 9.22. The van der Waals surface area contributed by atoms with Crippen molar-refractivity contribution < 1.29 is 13.2 Å². The highest BCUT2D eigenvalue weighted by Crippen LogP contribution is 2.31. The lowest BCUT2D eigenvalue weighted by atomic mass is 9.97. The second kappa shape index (κ2) is 9.07. The van der Waals surface area contributed by atoms with Crippen LogP contribution in [0, 0.1) is 0 Å². The maximum Gasteiger partial charge on any atom is 0.230 e. The molecular formula is C18H23N3O3S3. The topological polar surface area (TPSA) is 88.2 Å². The third-order valence-electron chi connectivity index (χ3n) is 4.15. The number of aromatic nitrogens is 1. The minimum atomic E-state index is -3.31. The Labute approximate surface area is 167 Å². The van der Waals surface area contributed by atoms with Crippen LogP contribution < -0.4 is 10.0 Å². The first kappa shape index (κ1) is 20.2. The predicted molar refractivity (Wildman–Crippen MR) is 113 cm³/mol. The Kier molecular flexibility index (Phi) is 6.78. The molecule has 27 heavy (non-hydrogen) atoms. The van der Waals surface area contributed by atoms with Crippen LogP contribution in [0.5, 0.6) is 0 Å². The number of amides is 1. The van der Waals surface area contributed by atoms with E-state index in [0.29, 0.717) is 18.0 Å². The van der Waals surface area contributed by atoms with Gasteiger partial charge in [0.15, 0.2) is 4.34 Å². The van der Waals surface area contributed by atoms with Gasteiger partial charge in [-0.3, -0.25) is 9.52 Å². The minimum Gasteiger partial charge on any atom is -0.355 e. The molecule has 3 rings (SSSR count). The first-order chi connectivity index (χ1) is 12.9. The highest BCUT2D eigenvalue weighted by Gasteiger charge is 2.10. The molecule has 2 aromatic rings. The highest BCUT2D eigenvalue weighted by molar-refractivity contribution is 8.01. The average molecular weight is 426 g/mol. The lowest BCUT2D eigenvalue weighted by Crippen LogP contribution is -2.26. The lowest BCUT2D eigenvalue weighted by molar-refractivity contribution is -0.118. The van der Waals surface area contributed by atoms with Crippen LogP contribution in [0.15, 0.2) is 34.2 Å². The number of carbonyl (C=O) groups is 1. The molecule has 2 N–H and O–H groups in total. The van der Waals surface area contributed by atoms with Gasteiger partial charge in [0.25, 0.3) is 0 Å². The molecule has 0 spiro atoms. The van der Waals surface area contributed by atoms with Crippen LogP contribution in [0.1, 0.15) is 32.1 Å². The van der Waals surface area contributed by atoms with Crippen LogP contribution in [-0.4, -0.2) is 37.9 Å². The molecule has 0 fully saturated rings. The molecule has 0 atom stereocenters. The number of carbonyl (C=O) groups excluding carboxylic acids is 1. The fourth-order valence-corrected chi connectivity index (χ4v) is 5.41. The molecule has 146 valence electrons. The third-order valence-corrected chi connectivity index (χ3v) is 6.92. The first-order valence-corrected chi connectivity index (χ1v) is 12.5. The van der Waals surface area contributed by atoms with Gasteiger partial charge in [0.1, 0.15) is 0 Å². The summed E-state index contributed by atoms with van der Waals surface area (Å²) in [6, 6.07) is 5.22. The fourth-order valence-electron chi connectivity index (χ4n) is 2.92. The molecule has 0 saturated heterocycles. The monoisotopic (exact) mass is 425 g/mol. The number of benzene rings is 1. The minimum absolute atomic E-state index is 0.00935. The number of thioether (sulfide) groups is 1. The summed E-state index contributed by atoms with van der Waals surface area (Å²) in [4.78, 5) is 16.5. The van der Waals surface area contributed by atoms with Crippen molar-refractivity contribution in [1.29, 1.82) is 0 Å². The number of thiazole rings is 1. The smallest absolute Gasteiger partial charge is 0.230 e. The Bertz CT molecular complexity index is 951. The number of hydrogen-bond acceptors (Lipinski definition) is 6. The molecule has 1 aromatic heterocycles. The highest BCUT2D eigenvalue weighted by atomic mass is 32.2. The Morgan fingerprint density at radius 3 is 2.93 bits per heavy atom. The molecule has 0 aliphatic heterocycles. The predicted octanol–water partition coefficient (Wildman–Crippen LogP) is 3.77. The van der Waals surface area contributed by atoms with Crippen molar-refractivity contribution in [3.63, 3.8) is 0 Å². The molecule has 0 radical (unpaired) electrons. The fraction of sp³-hybridized carbons (Fsp3) is 0.444. The van der Waals surface area contributed by atoms with E-state index in [9.17, 15) is 13.2 Å². The number of anilines is 1. The zero-order chi connectivity index (χ0) is 19.3. The van der Waals surface area contributed by atoms with Gasteiger partial charge in [-0.1, -0.05) is 23.4 Å². The standard InChI is InChI=1S/C18H23N3O3S3/c1-27(23,24)21-14-7-8-15-16(11-14)26-18(20-15)25-12-17(22)19-10-9-13-5-3-2-4-6-13/h5,7-8,11,21H,2-4,6,9-10,12H2,1H3,(H,19,22). The van der Waals surface area contributed by atoms with Crippen LogP contribution in [0.2, 0.25) is 0 Å². The van der Waals surface area contributed by atoms with Crippen molar-refractivity contribution >= 4 is 54.9 Å². The van der Waals surface area contributed by atoms with Crippen LogP contribution in [0.25, 0.3) is 10.2 Å². The van der Waals surface area contributed by atoms with Gasteiger partial charge >= 0.3 is 0 Å². The summed E-state index contributed by atoms with van der Waals surface area (Å²) < 4.78 is 26.8. The molecule has 1 aliphatic rings. The summed E-state index contributed by atoms with van der Waals surface area (Å²) in [5.74, 6) is 0.336. The molecule has 9 heteroatoms. The number of rotatable bonds is 8. The van der Waals surface area contributed by atoms with E-state index in [1.165, 1.54) is 41.5 Å². The summed E-state index contributed by atoms with van der Waals surface area (Å²) in [6.45, 7) is 0.686. The van der Waals surface area contributed by atoms with Crippen LogP contribution in [0.4, 0.5) is 5.69 Å². The van der Waals surface area contributed by atoms with E-state index in [1.807, 2.05) is 0 Å². The zero-order valence-corrected chi connectivity index (χ0v) is 17.6.